The first-order valence-electron chi connectivity index (χ1n) is 8.01. The minimum absolute atomic E-state index is 0.149. The number of nitrogens with one attached hydrogen (secondary N) is 2. The predicted molar refractivity (Wildman–Crippen MR) is 96.6 cm³/mol. The summed E-state index contributed by atoms with van der Waals surface area (Å²) in [7, 11) is 4.75. The molecule has 6 nitrogen and oxygen atoms in total. The SMILES string of the molecule is COc1cccc(CNCCNC(=O)c2ccc(OC)c(OC)c2)c1. The molecule has 2 N–H and O–H groups in total. The van der Waals surface area contributed by atoms with Gasteiger partial charge < -0.3 is 24.8 Å². The van der Waals surface area contributed by atoms with E-state index in [9.17, 15) is 4.79 Å². The third-order valence-electron chi connectivity index (χ3n) is 3.70. The van der Waals surface area contributed by atoms with E-state index in [1.807, 2.05) is 24.3 Å². The van der Waals surface area contributed by atoms with Crippen LogP contribution in [-0.4, -0.2) is 40.3 Å². The van der Waals surface area contributed by atoms with Gasteiger partial charge in [0.05, 0.1) is 21.3 Å². The van der Waals surface area contributed by atoms with Gasteiger partial charge in [-0.15, -0.1) is 0 Å². The lowest BCUT2D eigenvalue weighted by molar-refractivity contribution is 0.0953. The number of amides is 1. The summed E-state index contributed by atoms with van der Waals surface area (Å²) in [5.41, 5.74) is 1.66. The van der Waals surface area contributed by atoms with E-state index in [1.54, 1.807) is 39.5 Å². The maximum absolute atomic E-state index is 12.2. The topological polar surface area (TPSA) is 68.8 Å². The number of hydrogen-bond acceptors (Lipinski definition) is 5. The largest absolute Gasteiger partial charge is 0.497 e. The Hall–Kier alpha value is -2.73. The first-order chi connectivity index (χ1) is 12.2. The van der Waals surface area contributed by atoms with E-state index in [4.69, 9.17) is 14.2 Å². The fourth-order valence-corrected chi connectivity index (χ4v) is 2.36. The molecule has 0 fully saturated rings. The molecule has 0 spiro atoms. The molecule has 0 atom stereocenters. The number of carbonyl (C=O) groups is 1. The van der Waals surface area contributed by atoms with Crippen LogP contribution in [0, 0.1) is 0 Å². The Morgan fingerprint density at radius 1 is 0.920 bits per heavy atom. The van der Waals surface area contributed by atoms with Gasteiger partial charge >= 0.3 is 0 Å². The second-order valence-corrected chi connectivity index (χ2v) is 5.35. The van der Waals surface area contributed by atoms with Crippen molar-refractivity contribution in [3.8, 4) is 17.2 Å². The van der Waals surface area contributed by atoms with Crippen molar-refractivity contribution in [3.05, 3.63) is 53.6 Å². The van der Waals surface area contributed by atoms with Crippen LogP contribution in [0.2, 0.25) is 0 Å². The first kappa shape index (κ1) is 18.6. The lowest BCUT2D eigenvalue weighted by atomic mass is 10.2. The standard InChI is InChI=1S/C19H24N2O4/c1-23-16-6-4-5-14(11-16)13-20-9-10-21-19(22)15-7-8-17(24-2)18(12-15)25-3/h4-8,11-12,20H,9-10,13H2,1-3H3,(H,21,22). The minimum atomic E-state index is -0.149. The predicted octanol–water partition coefficient (Wildman–Crippen LogP) is 2.23. The van der Waals surface area contributed by atoms with Crippen LogP contribution in [0.25, 0.3) is 0 Å². The summed E-state index contributed by atoms with van der Waals surface area (Å²) in [6, 6.07) is 13.0. The average Bonchev–Trinajstić information content (AvgIpc) is 2.67. The van der Waals surface area contributed by atoms with Gasteiger partial charge in [0, 0.05) is 25.2 Å². The molecule has 1 amide bonds. The summed E-state index contributed by atoms with van der Waals surface area (Å²) in [6.45, 7) is 1.90. The van der Waals surface area contributed by atoms with Gasteiger partial charge in [-0.2, -0.15) is 0 Å². The number of carbonyl (C=O) groups excluding carboxylic acids is 1. The Morgan fingerprint density at radius 2 is 1.72 bits per heavy atom. The van der Waals surface area contributed by atoms with Crippen LogP contribution in [0.3, 0.4) is 0 Å². The summed E-state index contributed by atoms with van der Waals surface area (Å²) in [4.78, 5) is 12.2. The van der Waals surface area contributed by atoms with Crippen molar-refractivity contribution in [2.75, 3.05) is 34.4 Å². The highest BCUT2D eigenvalue weighted by Gasteiger charge is 2.10. The van der Waals surface area contributed by atoms with E-state index in [-0.39, 0.29) is 5.91 Å². The number of rotatable bonds is 9. The fraction of sp³-hybridized carbons (Fsp3) is 0.316. The lowest BCUT2D eigenvalue weighted by Crippen LogP contribution is -2.31. The zero-order valence-corrected chi connectivity index (χ0v) is 14.8. The molecule has 6 heteroatoms. The van der Waals surface area contributed by atoms with Crippen LogP contribution in [-0.2, 0) is 6.54 Å². The molecule has 0 heterocycles. The fourth-order valence-electron chi connectivity index (χ4n) is 2.36. The van der Waals surface area contributed by atoms with Crippen LogP contribution in [0.4, 0.5) is 0 Å². The molecule has 0 radical (unpaired) electrons. The van der Waals surface area contributed by atoms with Crippen molar-refractivity contribution in [2.24, 2.45) is 0 Å². The highest BCUT2D eigenvalue weighted by molar-refractivity contribution is 5.94. The molecule has 2 aromatic carbocycles. The average molecular weight is 344 g/mol. The van der Waals surface area contributed by atoms with Crippen LogP contribution in [0.5, 0.6) is 17.2 Å². The maximum Gasteiger partial charge on any atom is 0.251 e. The van der Waals surface area contributed by atoms with Crippen LogP contribution in [0.1, 0.15) is 15.9 Å². The number of benzene rings is 2. The van der Waals surface area contributed by atoms with E-state index in [0.29, 0.717) is 36.7 Å². The Kier molecular flexibility index (Phi) is 7.10. The van der Waals surface area contributed by atoms with Crippen LogP contribution >= 0.6 is 0 Å². The third-order valence-corrected chi connectivity index (χ3v) is 3.70. The molecule has 25 heavy (non-hydrogen) atoms. The zero-order chi connectivity index (χ0) is 18.1. The summed E-state index contributed by atoms with van der Waals surface area (Å²) in [6.07, 6.45) is 0. The molecular formula is C19H24N2O4. The van der Waals surface area contributed by atoms with Gasteiger partial charge in [0.25, 0.3) is 5.91 Å². The van der Waals surface area contributed by atoms with Crippen LogP contribution in [0.15, 0.2) is 42.5 Å². The highest BCUT2D eigenvalue weighted by atomic mass is 16.5. The van der Waals surface area contributed by atoms with Gasteiger partial charge in [-0.05, 0) is 35.9 Å². The summed E-state index contributed by atoms with van der Waals surface area (Å²) in [5.74, 6) is 1.82. The van der Waals surface area contributed by atoms with Gasteiger partial charge in [-0.1, -0.05) is 12.1 Å². The molecule has 0 saturated heterocycles. The third kappa shape index (κ3) is 5.39. The molecular weight excluding hydrogens is 320 g/mol. The van der Waals surface area contributed by atoms with E-state index >= 15 is 0 Å². The van der Waals surface area contributed by atoms with Crippen molar-refractivity contribution in [3.63, 3.8) is 0 Å². The monoisotopic (exact) mass is 344 g/mol. The Labute approximate surface area is 148 Å². The molecule has 0 unspecified atom stereocenters. The normalized spacial score (nSPS) is 10.2. The van der Waals surface area contributed by atoms with Gasteiger partial charge in [0.15, 0.2) is 11.5 Å². The zero-order valence-electron chi connectivity index (χ0n) is 14.8. The lowest BCUT2D eigenvalue weighted by Gasteiger charge is -2.10. The number of hydrogen-bond donors (Lipinski definition) is 2. The van der Waals surface area contributed by atoms with E-state index in [1.165, 1.54) is 0 Å². The number of methoxy groups -OCH3 is 3. The van der Waals surface area contributed by atoms with Crippen molar-refractivity contribution < 1.29 is 19.0 Å². The molecule has 2 rings (SSSR count). The Bertz CT molecular complexity index is 704. The Morgan fingerprint density at radius 3 is 2.44 bits per heavy atom. The number of ether oxygens (including phenoxy) is 3. The van der Waals surface area contributed by atoms with Crippen molar-refractivity contribution in [2.45, 2.75) is 6.54 Å². The van der Waals surface area contributed by atoms with E-state index < -0.39 is 0 Å². The molecule has 0 aliphatic carbocycles. The molecule has 2 aromatic rings. The molecule has 0 saturated carbocycles. The van der Waals surface area contributed by atoms with Gasteiger partial charge in [0.1, 0.15) is 5.75 Å². The Balaban J connectivity index is 1.76. The van der Waals surface area contributed by atoms with Crippen LogP contribution < -0.4 is 24.8 Å². The quantitative estimate of drug-likeness (QED) is 0.683. The summed E-state index contributed by atoms with van der Waals surface area (Å²) < 4.78 is 15.6. The smallest absolute Gasteiger partial charge is 0.251 e. The van der Waals surface area contributed by atoms with Gasteiger partial charge in [-0.3, -0.25) is 4.79 Å². The molecule has 134 valence electrons. The van der Waals surface area contributed by atoms with E-state index in [2.05, 4.69) is 10.6 Å². The minimum Gasteiger partial charge on any atom is -0.497 e. The second-order valence-electron chi connectivity index (χ2n) is 5.35. The highest BCUT2D eigenvalue weighted by Crippen LogP contribution is 2.27. The molecule has 0 bridgehead atoms. The van der Waals surface area contributed by atoms with Crippen molar-refractivity contribution in [1.82, 2.24) is 10.6 Å². The molecule has 0 aliphatic heterocycles. The second kappa shape index (κ2) is 9.54. The first-order valence-corrected chi connectivity index (χ1v) is 8.01. The van der Waals surface area contributed by atoms with Gasteiger partial charge in [0.2, 0.25) is 0 Å². The summed E-state index contributed by atoms with van der Waals surface area (Å²) >= 11 is 0. The van der Waals surface area contributed by atoms with Crippen molar-refractivity contribution in [1.29, 1.82) is 0 Å². The van der Waals surface area contributed by atoms with Gasteiger partial charge in [-0.25, -0.2) is 0 Å². The molecule has 0 aromatic heterocycles. The maximum atomic E-state index is 12.2. The molecule has 0 aliphatic rings. The van der Waals surface area contributed by atoms with E-state index in [0.717, 1.165) is 11.3 Å². The summed E-state index contributed by atoms with van der Waals surface area (Å²) in [5, 5.41) is 6.16. The van der Waals surface area contributed by atoms with Crippen molar-refractivity contribution >= 4 is 5.91 Å².